The lowest BCUT2D eigenvalue weighted by molar-refractivity contribution is -0.351. The Balaban J connectivity index is 2.18. The normalized spacial score (nSPS) is 25.8. The summed E-state index contributed by atoms with van der Waals surface area (Å²) in [5, 5.41) is 3.46. The Bertz CT molecular complexity index is 121. The SMILES string of the molecule is CCCC(CC)NC1CCCOO1. The molecule has 1 aliphatic heterocycles. The third-order valence-corrected chi connectivity index (χ3v) is 2.43. The third kappa shape index (κ3) is 4.07. The molecular weight excluding hydrogens is 166 g/mol. The fraction of sp³-hybridized carbons (Fsp3) is 1.00. The highest BCUT2D eigenvalue weighted by Gasteiger charge is 2.17. The monoisotopic (exact) mass is 187 g/mol. The van der Waals surface area contributed by atoms with E-state index in [0.29, 0.717) is 6.04 Å². The largest absolute Gasteiger partial charge is 0.287 e. The molecule has 2 unspecified atom stereocenters. The molecule has 0 aromatic rings. The molecule has 13 heavy (non-hydrogen) atoms. The fourth-order valence-corrected chi connectivity index (χ4v) is 1.63. The predicted octanol–water partition coefficient (Wildman–Crippen LogP) is 2.22. The zero-order valence-corrected chi connectivity index (χ0v) is 8.71. The number of hydrogen-bond donors (Lipinski definition) is 1. The van der Waals surface area contributed by atoms with Gasteiger partial charge in [0.2, 0.25) is 0 Å². The first-order chi connectivity index (χ1) is 6.36. The van der Waals surface area contributed by atoms with Crippen LogP contribution in [-0.4, -0.2) is 18.9 Å². The highest BCUT2D eigenvalue weighted by atomic mass is 17.2. The zero-order chi connectivity index (χ0) is 9.52. The van der Waals surface area contributed by atoms with Gasteiger partial charge in [-0.2, -0.15) is 0 Å². The van der Waals surface area contributed by atoms with Crippen LogP contribution in [0.5, 0.6) is 0 Å². The van der Waals surface area contributed by atoms with Crippen LogP contribution in [-0.2, 0) is 9.78 Å². The Hall–Kier alpha value is -0.120. The van der Waals surface area contributed by atoms with Crippen molar-refractivity contribution in [1.29, 1.82) is 0 Å². The van der Waals surface area contributed by atoms with Gasteiger partial charge in [-0.25, -0.2) is 9.78 Å². The molecule has 0 radical (unpaired) electrons. The standard InChI is InChI=1S/C10H21NO2/c1-3-6-9(4-2)11-10-7-5-8-12-13-10/h9-11H,3-8H2,1-2H3. The van der Waals surface area contributed by atoms with Crippen LogP contribution in [0.4, 0.5) is 0 Å². The van der Waals surface area contributed by atoms with Crippen molar-refractivity contribution in [3.63, 3.8) is 0 Å². The second-order valence-corrected chi connectivity index (χ2v) is 3.61. The fourth-order valence-electron chi connectivity index (χ4n) is 1.63. The van der Waals surface area contributed by atoms with Crippen LogP contribution in [0.3, 0.4) is 0 Å². The van der Waals surface area contributed by atoms with Crippen molar-refractivity contribution >= 4 is 0 Å². The maximum Gasteiger partial charge on any atom is 0.144 e. The summed E-state index contributed by atoms with van der Waals surface area (Å²) in [5.41, 5.74) is 0. The van der Waals surface area contributed by atoms with Gasteiger partial charge in [-0.15, -0.1) is 0 Å². The van der Waals surface area contributed by atoms with Crippen LogP contribution in [0.1, 0.15) is 46.0 Å². The lowest BCUT2D eigenvalue weighted by Crippen LogP contribution is -2.41. The van der Waals surface area contributed by atoms with E-state index >= 15 is 0 Å². The third-order valence-electron chi connectivity index (χ3n) is 2.43. The molecule has 1 fully saturated rings. The summed E-state index contributed by atoms with van der Waals surface area (Å²) >= 11 is 0. The van der Waals surface area contributed by atoms with E-state index in [9.17, 15) is 0 Å². The van der Waals surface area contributed by atoms with Gasteiger partial charge >= 0.3 is 0 Å². The Morgan fingerprint density at radius 3 is 2.85 bits per heavy atom. The van der Waals surface area contributed by atoms with Crippen molar-refractivity contribution in [2.75, 3.05) is 6.61 Å². The minimum atomic E-state index is 0.116. The van der Waals surface area contributed by atoms with E-state index in [1.807, 2.05) is 0 Å². The molecule has 0 saturated carbocycles. The predicted molar refractivity (Wildman–Crippen MR) is 52.2 cm³/mol. The molecule has 0 spiro atoms. The molecule has 1 heterocycles. The van der Waals surface area contributed by atoms with Crippen LogP contribution < -0.4 is 5.32 Å². The summed E-state index contributed by atoms with van der Waals surface area (Å²) in [5.74, 6) is 0. The summed E-state index contributed by atoms with van der Waals surface area (Å²) in [6.45, 7) is 5.16. The first kappa shape index (κ1) is 11.0. The summed E-state index contributed by atoms with van der Waals surface area (Å²) < 4.78 is 0. The van der Waals surface area contributed by atoms with E-state index < -0.39 is 0 Å². The van der Waals surface area contributed by atoms with Crippen LogP contribution in [0, 0.1) is 0 Å². The van der Waals surface area contributed by atoms with E-state index in [0.717, 1.165) is 25.9 Å². The molecule has 0 aromatic heterocycles. The van der Waals surface area contributed by atoms with Crippen LogP contribution >= 0.6 is 0 Å². The Morgan fingerprint density at radius 1 is 1.46 bits per heavy atom. The molecule has 1 saturated heterocycles. The van der Waals surface area contributed by atoms with Gasteiger partial charge in [0.05, 0.1) is 6.61 Å². The van der Waals surface area contributed by atoms with Crippen LogP contribution in [0.25, 0.3) is 0 Å². The van der Waals surface area contributed by atoms with Crippen molar-refractivity contribution in [1.82, 2.24) is 5.32 Å². The first-order valence-electron chi connectivity index (χ1n) is 5.41. The van der Waals surface area contributed by atoms with E-state index in [4.69, 9.17) is 9.78 Å². The van der Waals surface area contributed by atoms with Gasteiger partial charge in [0, 0.05) is 6.04 Å². The Labute approximate surface area is 80.7 Å². The zero-order valence-electron chi connectivity index (χ0n) is 8.71. The summed E-state index contributed by atoms with van der Waals surface area (Å²) in [6, 6.07) is 0.580. The van der Waals surface area contributed by atoms with E-state index in [2.05, 4.69) is 19.2 Å². The van der Waals surface area contributed by atoms with Gasteiger partial charge in [-0.1, -0.05) is 20.3 Å². The average molecular weight is 187 g/mol. The molecular formula is C10H21NO2. The van der Waals surface area contributed by atoms with Gasteiger partial charge in [-0.05, 0) is 25.7 Å². The van der Waals surface area contributed by atoms with Gasteiger partial charge in [0.15, 0.2) is 0 Å². The first-order valence-corrected chi connectivity index (χ1v) is 5.41. The molecule has 1 aliphatic rings. The molecule has 78 valence electrons. The maximum absolute atomic E-state index is 5.15. The Morgan fingerprint density at radius 2 is 2.31 bits per heavy atom. The molecule has 0 bridgehead atoms. The van der Waals surface area contributed by atoms with Crippen LogP contribution in [0.15, 0.2) is 0 Å². The Kier molecular flexibility index (Phi) is 5.35. The lowest BCUT2D eigenvalue weighted by atomic mass is 10.1. The molecule has 0 aliphatic carbocycles. The van der Waals surface area contributed by atoms with Crippen LogP contribution in [0.2, 0.25) is 0 Å². The smallest absolute Gasteiger partial charge is 0.144 e. The molecule has 3 nitrogen and oxygen atoms in total. The summed E-state index contributed by atoms with van der Waals surface area (Å²) in [6.07, 6.45) is 5.88. The minimum Gasteiger partial charge on any atom is -0.287 e. The molecule has 3 heteroatoms. The van der Waals surface area contributed by atoms with E-state index in [1.165, 1.54) is 12.8 Å². The van der Waals surface area contributed by atoms with Crippen molar-refractivity contribution in [3.05, 3.63) is 0 Å². The van der Waals surface area contributed by atoms with Gasteiger partial charge < -0.3 is 0 Å². The number of hydrogen-bond acceptors (Lipinski definition) is 3. The summed E-state index contributed by atoms with van der Waals surface area (Å²) in [4.78, 5) is 10.1. The molecule has 0 amide bonds. The van der Waals surface area contributed by atoms with E-state index in [1.54, 1.807) is 0 Å². The van der Waals surface area contributed by atoms with Gasteiger partial charge in [0.1, 0.15) is 6.23 Å². The van der Waals surface area contributed by atoms with Crippen molar-refractivity contribution in [2.24, 2.45) is 0 Å². The van der Waals surface area contributed by atoms with Crippen molar-refractivity contribution in [2.45, 2.75) is 58.2 Å². The number of rotatable bonds is 5. The maximum atomic E-state index is 5.15. The topological polar surface area (TPSA) is 30.5 Å². The quantitative estimate of drug-likeness (QED) is 0.669. The van der Waals surface area contributed by atoms with E-state index in [-0.39, 0.29) is 6.23 Å². The van der Waals surface area contributed by atoms with Gasteiger partial charge in [0.25, 0.3) is 0 Å². The molecule has 1 N–H and O–H groups in total. The van der Waals surface area contributed by atoms with Gasteiger partial charge in [-0.3, -0.25) is 5.32 Å². The number of nitrogens with one attached hydrogen (secondary N) is 1. The molecule has 0 aromatic carbocycles. The molecule has 1 rings (SSSR count). The second-order valence-electron chi connectivity index (χ2n) is 3.61. The summed E-state index contributed by atoms with van der Waals surface area (Å²) in [7, 11) is 0. The highest BCUT2D eigenvalue weighted by molar-refractivity contribution is 4.67. The lowest BCUT2D eigenvalue weighted by Gasteiger charge is -2.26. The average Bonchev–Trinajstić information content (AvgIpc) is 2.19. The second kappa shape index (κ2) is 6.35. The highest BCUT2D eigenvalue weighted by Crippen LogP contribution is 2.11. The van der Waals surface area contributed by atoms with Crippen molar-refractivity contribution < 1.29 is 9.78 Å². The minimum absolute atomic E-state index is 0.116. The molecule has 2 atom stereocenters. The van der Waals surface area contributed by atoms with Crippen molar-refractivity contribution in [3.8, 4) is 0 Å².